The SMILES string of the molecule is Fc1c(-c2cc(Oc3ccc4nc(NC5CCCCC5)sc4c3)ccn2)ccnc1N1CCOCC1. The van der Waals surface area contributed by atoms with Gasteiger partial charge in [0, 0.05) is 49.2 Å². The van der Waals surface area contributed by atoms with Crippen LogP contribution in [0.4, 0.5) is 15.3 Å². The molecule has 0 unspecified atom stereocenters. The lowest BCUT2D eigenvalue weighted by Gasteiger charge is -2.28. The maximum Gasteiger partial charge on any atom is 0.184 e. The molecule has 9 heteroatoms. The van der Waals surface area contributed by atoms with Gasteiger partial charge in [-0.1, -0.05) is 30.6 Å². The van der Waals surface area contributed by atoms with Crippen LogP contribution in [0.5, 0.6) is 11.5 Å². The molecule has 2 fully saturated rings. The second-order valence-corrected chi connectivity index (χ2v) is 10.2. The van der Waals surface area contributed by atoms with Gasteiger partial charge in [-0.2, -0.15) is 0 Å². The first kappa shape index (κ1) is 23.1. The van der Waals surface area contributed by atoms with Crippen LogP contribution in [0.15, 0.2) is 48.8 Å². The first-order chi connectivity index (χ1) is 17.7. The lowest BCUT2D eigenvalue weighted by molar-refractivity contribution is 0.122. The fraction of sp³-hybridized carbons (Fsp3) is 0.370. The average Bonchev–Trinajstić information content (AvgIpc) is 3.31. The molecular formula is C27H28FN5O2S. The van der Waals surface area contributed by atoms with E-state index in [2.05, 4.69) is 15.3 Å². The molecule has 1 aliphatic carbocycles. The van der Waals surface area contributed by atoms with Crippen molar-refractivity contribution >= 4 is 32.5 Å². The zero-order chi connectivity index (χ0) is 24.3. The highest BCUT2D eigenvalue weighted by Gasteiger charge is 2.20. The van der Waals surface area contributed by atoms with E-state index >= 15 is 4.39 Å². The number of ether oxygens (including phenoxy) is 2. The van der Waals surface area contributed by atoms with Crippen LogP contribution < -0.4 is 15.0 Å². The molecule has 1 N–H and O–H groups in total. The number of halogens is 1. The lowest BCUT2D eigenvalue weighted by Crippen LogP contribution is -2.37. The summed E-state index contributed by atoms with van der Waals surface area (Å²) in [4.78, 5) is 15.3. The number of hydrogen-bond donors (Lipinski definition) is 1. The second kappa shape index (κ2) is 10.4. The van der Waals surface area contributed by atoms with Crippen LogP contribution in [0.2, 0.25) is 0 Å². The first-order valence-electron chi connectivity index (χ1n) is 12.5. The van der Waals surface area contributed by atoms with E-state index in [-0.39, 0.29) is 5.82 Å². The summed E-state index contributed by atoms with van der Waals surface area (Å²) in [5.41, 5.74) is 1.85. The molecule has 186 valence electrons. The van der Waals surface area contributed by atoms with Gasteiger partial charge in [-0.15, -0.1) is 0 Å². The highest BCUT2D eigenvalue weighted by molar-refractivity contribution is 7.22. The zero-order valence-electron chi connectivity index (χ0n) is 20.0. The Kier molecular flexibility index (Phi) is 6.65. The number of benzene rings is 1. The van der Waals surface area contributed by atoms with E-state index in [4.69, 9.17) is 14.5 Å². The standard InChI is InChI=1S/C27H28FN5O2S/c28-25-21(9-11-30-26(25)33-12-14-34-15-13-33)23-16-20(8-10-29-23)35-19-6-7-22-24(17-19)36-27(32-22)31-18-4-2-1-3-5-18/h6-11,16-18H,1-5,12-15H2,(H,31,32). The lowest BCUT2D eigenvalue weighted by atomic mass is 9.96. The molecule has 0 amide bonds. The Morgan fingerprint density at radius 1 is 0.972 bits per heavy atom. The summed E-state index contributed by atoms with van der Waals surface area (Å²) in [6.45, 7) is 2.36. The third-order valence-corrected chi connectivity index (χ3v) is 7.67. The van der Waals surface area contributed by atoms with Crippen molar-refractivity contribution in [3.8, 4) is 22.8 Å². The van der Waals surface area contributed by atoms with Crippen LogP contribution in [0.3, 0.4) is 0 Å². The maximum absolute atomic E-state index is 15.4. The van der Waals surface area contributed by atoms with E-state index in [1.807, 2.05) is 23.1 Å². The molecule has 1 aromatic carbocycles. The Balaban J connectivity index is 1.21. The Morgan fingerprint density at radius 3 is 2.64 bits per heavy atom. The van der Waals surface area contributed by atoms with Gasteiger partial charge in [0.15, 0.2) is 16.8 Å². The molecule has 1 saturated heterocycles. The molecule has 3 aromatic heterocycles. The summed E-state index contributed by atoms with van der Waals surface area (Å²) in [6, 6.07) is 11.6. The number of anilines is 2. The third-order valence-electron chi connectivity index (χ3n) is 6.72. The highest BCUT2D eigenvalue weighted by atomic mass is 32.1. The van der Waals surface area contributed by atoms with Crippen molar-refractivity contribution in [2.75, 3.05) is 36.5 Å². The molecule has 0 bridgehead atoms. The van der Waals surface area contributed by atoms with E-state index in [0.29, 0.717) is 60.9 Å². The number of nitrogens with one attached hydrogen (secondary N) is 1. The van der Waals surface area contributed by atoms with E-state index in [1.165, 1.54) is 32.1 Å². The minimum Gasteiger partial charge on any atom is -0.457 e. The van der Waals surface area contributed by atoms with Crippen molar-refractivity contribution in [3.63, 3.8) is 0 Å². The summed E-state index contributed by atoms with van der Waals surface area (Å²) in [6.07, 6.45) is 9.57. The highest BCUT2D eigenvalue weighted by Crippen LogP contribution is 2.34. The molecule has 7 nitrogen and oxygen atoms in total. The Bertz CT molecular complexity index is 1350. The van der Waals surface area contributed by atoms with Gasteiger partial charge >= 0.3 is 0 Å². The summed E-state index contributed by atoms with van der Waals surface area (Å²) in [5, 5.41) is 4.57. The van der Waals surface area contributed by atoms with E-state index < -0.39 is 0 Å². The van der Waals surface area contributed by atoms with E-state index in [9.17, 15) is 0 Å². The summed E-state index contributed by atoms with van der Waals surface area (Å²) >= 11 is 1.65. The van der Waals surface area contributed by atoms with Gasteiger partial charge in [0.25, 0.3) is 0 Å². The van der Waals surface area contributed by atoms with Gasteiger partial charge in [0.1, 0.15) is 11.5 Å². The van der Waals surface area contributed by atoms with Crippen molar-refractivity contribution in [2.24, 2.45) is 0 Å². The Morgan fingerprint density at radius 2 is 1.78 bits per heavy atom. The Hall–Kier alpha value is -3.30. The number of thiazole rings is 1. The minimum atomic E-state index is -0.381. The van der Waals surface area contributed by atoms with Crippen molar-refractivity contribution in [1.82, 2.24) is 15.0 Å². The number of rotatable bonds is 6. The average molecular weight is 506 g/mol. The molecule has 1 saturated carbocycles. The molecule has 0 spiro atoms. The van der Waals surface area contributed by atoms with Crippen LogP contribution in [-0.4, -0.2) is 47.3 Å². The van der Waals surface area contributed by atoms with Crippen LogP contribution >= 0.6 is 11.3 Å². The van der Waals surface area contributed by atoms with Crippen molar-refractivity contribution in [1.29, 1.82) is 0 Å². The van der Waals surface area contributed by atoms with Gasteiger partial charge in [-0.25, -0.2) is 14.4 Å². The van der Waals surface area contributed by atoms with E-state index in [1.54, 1.807) is 41.9 Å². The third kappa shape index (κ3) is 4.99. The van der Waals surface area contributed by atoms with Gasteiger partial charge in [0.2, 0.25) is 0 Å². The molecule has 2 aliphatic rings. The first-order valence-corrected chi connectivity index (χ1v) is 13.3. The predicted molar refractivity (Wildman–Crippen MR) is 141 cm³/mol. The van der Waals surface area contributed by atoms with Gasteiger partial charge in [0.05, 0.1) is 29.1 Å². The van der Waals surface area contributed by atoms with Gasteiger partial charge in [-0.3, -0.25) is 4.98 Å². The summed E-state index contributed by atoms with van der Waals surface area (Å²) < 4.78 is 28.0. The van der Waals surface area contributed by atoms with Crippen molar-refractivity contribution in [2.45, 2.75) is 38.1 Å². The predicted octanol–water partition coefficient (Wildman–Crippen LogP) is 6.27. The fourth-order valence-electron chi connectivity index (χ4n) is 4.84. The molecule has 36 heavy (non-hydrogen) atoms. The fourth-order valence-corrected chi connectivity index (χ4v) is 5.81. The van der Waals surface area contributed by atoms with Crippen molar-refractivity contribution in [3.05, 3.63) is 54.6 Å². The maximum atomic E-state index is 15.4. The second-order valence-electron chi connectivity index (χ2n) is 9.20. The topological polar surface area (TPSA) is 72.4 Å². The molecule has 6 rings (SSSR count). The number of morpholine rings is 1. The number of fused-ring (bicyclic) bond motifs is 1. The number of nitrogens with zero attached hydrogens (tertiary/aromatic N) is 4. The van der Waals surface area contributed by atoms with Crippen LogP contribution in [0.25, 0.3) is 21.5 Å². The summed E-state index contributed by atoms with van der Waals surface area (Å²) in [5.74, 6) is 1.25. The molecule has 0 radical (unpaired) electrons. The smallest absolute Gasteiger partial charge is 0.184 e. The number of pyridine rings is 2. The van der Waals surface area contributed by atoms with Crippen LogP contribution in [-0.2, 0) is 4.74 Å². The normalized spacial score (nSPS) is 16.9. The largest absolute Gasteiger partial charge is 0.457 e. The van der Waals surface area contributed by atoms with Crippen molar-refractivity contribution < 1.29 is 13.9 Å². The van der Waals surface area contributed by atoms with Crippen LogP contribution in [0.1, 0.15) is 32.1 Å². The minimum absolute atomic E-state index is 0.331. The Labute approximate surface area is 213 Å². The molecule has 4 aromatic rings. The van der Waals surface area contributed by atoms with E-state index in [0.717, 1.165) is 15.3 Å². The zero-order valence-corrected chi connectivity index (χ0v) is 20.8. The van der Waals surface area contributed by atoms with Gasteiger partial charge < -0.3 is 19.7 Å². The molecular weight excluding hydrogens is 477 g/mol. The molecule has 1 aliphatic heterocycles. The molecule has 4 heterocycles. The quantitative estimate of drug-likeness (QED) is 0.331. The van der Waals surface area contributed by atoms with Crippen LogP contribution in [0, 0.1) is 5.82 Å². The van der Waals surface area contributed by atoms with Gasteiger partial charge in [-0.05, 0) is 37.1 Å². The molecule has 0 atom stereocenters. The number of hydrogen-bond acceptors (Lipinski definition) is 8. The summed E-state index contributed by atoms with van der Waals surface area (Å²) in [7, 11) is 0. The number of aromatic nitrogens is 3. The monoisotopic (exact) mass is 505 g/mol.